The Labute approximate surface area is 127 Å². The zero-order valence-corrected chi connectivity index (χ0v) is 14.6. The lowest BCUT2D eigenvalue weighted by atomic mass is 10.3. The lowest BCUT2D eigenvalue weighted by Crippen LogP contribution is -1.65. The molecule has 0 aliphatic carbocycles. The monoisotopic (exact) mass is 360 g/mol. The van der Waals surface area contributed by atoms with Gasteiger partial charge in [-0.25, -0.2) is 0 Å². The molecule has 0 amide bonds. The van der Waals surface area contributed by atoms with Crippen molar-refractivity contribution in [2.75, 3.05) is 0 Å². The van der Waals surface area contributed by atoms with Gasteiger partial charge in [0, 0.05) is 0 Å². The maximum atomic E-state index is 7.56. The Bertz CT molecular complexity index is 190. The molecule has 0 rings (SSSR count). The lowest BCUT2D eigenvalue weighted by molar-refractivity contribution is 0.361. The maximum Gasteiger partial charge on any atom is 0.319 e. The van der Waals surface area contributed by atoms with Gasteiger partial charge in [0.1, 0.15) is 0 Å². The SMILES string of the molecule is C.CCC.CCCCC.OP(O)(O)=S.OP(O)(O)=S. The highest BCUT2D eigenvalue weighted by Crippen LogP contribution is 2.26. The quantitative estimate of drug-likeness (QED) is 0.416. The molecule has 19 heavy (non-hydrogen) atoms. The van der Waals surface area contributed by atoms with Crippen LogP contribution in [0.4, 0.5) is 0 Å². The summed E-state index contributed by atoms with van der Waals surface area (Å²) in [6, 6.07) is 0. The summed E-state index contributed by atoms with van der Waals surface area (Å²) in [4.78, 5) is 45.3. The largest absolute Gasteiger partial charge is 0.325 e. The van der Waals surface area contributed by atoms with Crippen LogP contribution in [0.3, 0.4) is 0 Å². The van der Waals surface area contributed by atoms with Crippen molar-refractivity contribution in [2.24, 2.45) is 0 Å². The van der Waals surface area contributed by atoms with E-state index in [1.807, 2.05) is 0 Å². The summed E-state index contributed by atoms with van der Waals surface area (Å²) in [5.41, 5.74) is 0. The van der Waals surface area contributed by atoms with Crippen LogP contribution in [-0.2, 0) is 23.6 Å². The van der Waals surface area contributed by atoms with E-state index in [1.54, 1.807) is 0 Å². The molecule has 0 fully saturated rings. The molecule has 0 saturated carbocycles. The molecule has 0 aromatic heterocycles. The Morgan fingerprint density at radius 3 is 0.789 bits per heavy atom. The molecule has 6 N–H and O–H groups in total. The standard InChI is InChI=1S/C5H12.C3H8.CH4.2H3O3PS/c1-3-5-4-2;1-3-2;;2*1-4(2,3)5/h3-5H2,1-2H3;3H2,1-2H3;1H4;2*(H3,1,2,3,5). The molecule has 0 aliphatic rings. The minimum absolute atomic E-state index is 0. The molecule has 6 nitrogen and oxygen atoms in total. The van der Waals surface area contributed by atoms with Gasteiger partial charge in [-0.05, 0) is 23.6 Å². The average Bonchev–Trinajstić information content (AvgIpc) is 2.00. The molecule has 0 aliphatic heterocycles. The molecule has 0 heterocycles. The van der Waals surface area contributed by atoms with Crippen LogP contribution < -0.4 is 0 Å². The van der Waals surface area contributed by atoms with Crippen molar-refractivity contribution in [3.05, 3.63) is 0 Å². The van der Waals surface area contributed by atoms with E-state index in [9.17, 15) is 0 Å². The zero-order valence-electron chi connectivity index (χ0n) is 11.2. The van der Waals surface area contributed by atoms with Crippen molar-refractivity contribution in [3.8, 4) is 0 Å². The molecule has 0 aromatic carbocycles. The molecule has 0 aromatic rings. The smallest absolute Gasteiger partial charge is 0.319 e. The fourth-order valence-corrected chi connectivity index (χ4v) is 0.354. The summed E-state index contributed by atoms with van der Waals surface area (Å²) in [5, 5.41) is 0. The first-order valence-electron chi connectivity index (χ1n) is 5.39. The van der Waals surface area contributed by atoms with Gasteiger partial charge >= 0.3 is 13.4 Å². The van der Waals surface area contributed by atoms with Crippen molar-refractivity contribution in [1.82, 2.24) is 0 Å². The Morgan fingerprint density at radius 1 is 0.684 bits per heavy atom. The van der Waals surface area contributed by atoms with Crippen LogP contribution in [0.5, 0.6) is 0 Å². The summed E-state index contributed by atoms with van der Waals surface area (Å²) < 4.78 is 0. The van der Waals surface area contributed by atoms with Gasteiger partial charge in [0.05, 0.1) is 0 Å². The van der Waals surface area contributed by atoms with E-state index in [0.29, 0.717) is 0 Å². The van der Waals surface area contributed by atoms with Crippen LogP contribution >= 0.6 is 13.4 Å². The van der Waals surface area contributed by atoms with Gasteiger partial charge in [0.25, 0.3) is 0 Å². The highest BCUT2D eigenvalue weighted by atomic mass is 32.5. The van der Waals surface area contributed by atoms with Gasteiger partial charge in [-0.3, -0.25) is 0 Å². The normalized spacial score (nSPS) is 9.37. The number of hydrogen-bond acceptors (Lipinski definition) is 2. The van der Waals surface area contributed by atoms with E-state index < -0.39 is 13.4 Å². The van der Waals surface area contributed by atoms with E-state index in [0.717, 1.165) is 0 Å². The number of hydrogen-bond donors (Lipinski definition) is 6. The van der Waals surface area contributed by atoms with Gasteiger partial charge in [-0.2, -0.15) is 0 Å². The summed E-state index contributed by atoms with van der Waals surface area (Å²) >= 11 is 7.21. The lowest BCUT2D eigenvalue weighted by Gasteiger charge is -1.88. The Morgan fingerprint density at radius 2 is 0.789 bits per heavy atom. The third-order valence-electron chi connectivity index (χ3n) is 0.707. The predicted molar refractivity (Wildman–Crippen MR) is 89.8 cm³/mol. The third kappa shape index (κ3) is 592. The van der Waals surface area contributed by atoms with E-state index >= 15 is 0 Å². The second-order valence-corrected chi connectivity index (χ2v) is 8.08. The summed E-state index contributed by atoms with van der Waals surface area (Å²) in [6.45, 7) is 1.06. The minimum atomic E-state index is -3.81. The van der Waals surface area contributed by atoms with E-state index in [4.69, 9.17) is 29.4 Å². The molecule has 0 atom stereocenters. The van der Waals surface area contributed by atoms with E-state index in [1.165, 1.54) is 25.7 Å². The fraction of sp³-hybridized carbons (Fsp3) is 1.00. The zero-order chi connectivity index (χ0) is 15.8. The average molecular weight is 360 g/mol. The van der Waals surface area contributed by atoms with Gasteiger partial charge in [-0.15, -0.1) is 0 Å². The Kier molecular flexibility index (Phi) is 36.1. The van der Waals surface area contributed by atoms with Gasteiger partial charge in [-0.1, -0.05) is 60.8 Å². The molecule has 0 saturated heterocycles. The molecule has 0 radical (unpaired) electrons. The molecular weight excluding hydrogens is 330 g/mol. The van der Waals surface area contributed by atoms with Crippen molar-refractivity contribution in [2.45, 2.75) is 60.8 Å². The topological polar surface area (TPSA) is 121 Å². The second-order valence-electron chi connectivity index (χ2n) is 3.09. The van der Waals surface area contributed by atoms with Gasteiger partial charge < -0.3 is 29.4 Å². The number of rotatable bonds is 2. The van der Waals surface area contributed by atoms with Crippen LogP contribution in [0.2, 0.25) is 0 Å². The van der Waals surface area contributed by atoms with Gasteiger partial charge in [0.2, 0.25) is 0 Å². The Balaban J connectivity index is -0.0000000458. The van der Waals surface area contributed by atoms with Gasteiger partial charge in [0.15, 0.2) is 0 Å². The summed E-state index contributed by atoms with van der Waals surface area (Å²) in [6.07, 6.45) is 5.33. The first-order chi connectivity index (χ1) is 7.83. The summed E-state index contributed by atoms with van der Waals surface area (Å²) in [7, 11) is 0. The minimum Gasteiger partial charge on any atom is -0.325 e. The molecule has 0 unspecified atom stereocenters. The third-order valence-corrected chi connectivity index (χ3v) is 0.707. The van der Waals surface area contributed by atoms with E-state index in [-0.39, 0.29) is 7.43 Å². The van der Waals surface area contributed by atoms with Crippen LogP contribution in [0, 0.1) is 0 Å². The van der Waals surface area contributed by atoms with Crippen LogP contribution in [0.25, 0.3) is 0 Å². The highest BCUT2D eigenvalue weighted by Gasteiger charge is 1.92. The predicted octanol–water partition coefficient (Wildman–Crippen LogP) is 2.62. The van der Waals surface area contributed by atoms with Crippen molar-refractivity contribution >= 4 is 37.1 Å². The van der Waals surface area contributed by atoms with E-state index in [2.05, 4.69) is 51.3 Å². The van der Waals surface area contributed by atoms with Crippen LogP contribution in [0.15, 0.2) is 0 Å². The molecule has 10 heteroatoms. The summed E-state index contributed by atoms with van der Waals surface area (Å²) in [5.74, 6) is 0. The van der Waals surface area contributed by atoms with Crippen LogP contribution in [-0.4, -0.2) is 29.4 Å². The van der Waals surface area contributed by atoms with Crippen molar-refractivity contribution in [3.63, 3.8) is 0 Å². The number of unbranched alkanes of at least 4 members (excludes halogenated alkanes) is 2. The highest BCUT2D eigenvalue weighted by molar-refractivity contribution is 8.06. The van der Waals surface area contributed by atoms with Crippen molar-refractivity contribution in [1.29, 1.82) is 0 Å². The first-order valence-corrected chi connectivity index (χ1v) is 10.7. The molecule has 124 valence electrons. The molecule has 0 bridgehead atoms. The maximum absolute atomic E-state index is 7.56. The second kappa shape index (κ2) is 21.4. The fourth-order valence-electron chi connectivity index (χ4n) is 0.354. The Hall–Kier alpha value is 1.06. The molecular formula is C9H30O6P2S2. The first kappa shape index (κ1) is 32.1. The molecule has 0 spiro atoms. The van der Waals surface area contributed by atoms with Crippen LogP contribution in [0.1, 0.15) is 60.8 Å². The van der Waals surface area contributed by atoms with Crippen molar-refractivity contribution < 1.29 is 29.4 Å².